The third-order valence-electron chi connectivity index (χ3n) is 4.05. The Hall–Kier alpha value is -2.92. The molecule has 0 aliphatic heterocycles. The van der Waals surface area contributed by atoms with Crippen LogP contribution in [0.2, 0.25) is 0 Å². The minimum Gasteiger partial charge on any atom is -0.347 e. The van der Waals surface area contributed by atoms with E-state index >= 15 is 0 Å². The van der Waals surface area contributed by atoms with Crippen LogP contribution in [0.3, 0.4) is 0 Å². The average Bonchev–Trinajstić information content (AvgIpc) is 3.27. The molecule has 2 aromatic carbocycles. The summed E-state index contributed by atoms with van der Waals surface area (Å²) in [5.41, 5.74) is 1.58. The Morgan fingerprint density at radius 1 is 1.00 bits per heavy atom. The van der Waals surface area contributed by atoms with Gasteiger partial charge in [-0.1, -0.05) is 36.4 Å². The minimum atomic E-state index is -0.312. The number of rotatable bonds is 4. The molecule has 0 fully saturated rings. The molecule has 0 unspecified atom stereocenters. The number of para-hydroxylation sites is 1. The lowest BCUT2D eigenvalue weighted by Crippen LogP contribution is -2.22. The van der Waals surface area contributed by atoms with Gasteiger partial charge in [-0.05, 0) is 35.7 Å². The predicted octanol–water partition coefficient (Wildman–Crippen LogP) is 4.76. The predicted molar refractivity (Wildman–Crippen MR) is 98.7 cm³/mol. The Kier molecular flexibility index (Phi) is 4.07. The normalized spacial score (nSPS) is 10.9. The fourth-order valence-electron chi connectivity index (χ4n) is 2.76. The molecule has 1 N–H and O–H groups in total. The molecular weight excluding hydrogens is 335 g/mol. The van der Waals surface area contributed by atoms with Gasteiger partial charge in [-0.3, -0.25) is 4.79 Å². The van der Waals surface area contributed by atoms with Crippen LogP contribution in [0.15, 0.2) is 72.9 Å². The van der Waals surface area contributed by atoms with Gasteiger partial charge in [0.05, 0.1) is 10.4 Å². The first-order valence-corrected chi connectivity index (χ1v) is 8.72. The van der Waals surface area contributed by atoms with Crippen molar-refractivity contribution < 1.29 is 9.18 Å². The third-order valence-corrected chi connectivity index (χ3v) is 5.13. The summed E-state index contributed by atoms with van der Waals surface area (Å²) in [6.45, 7) is 0.172. The van der Waals surface area contributed by atoms with E-state index in [-0.39, 0.29) is 18.3 Å². The maximum atomic E-state index is 13.6. The maximum Gasteiger partial charge on any atom is 0.261 e. The molecule has 124 valence electrons. The van der Waals surface area contributed by atoms with Crippen molar-refractivity contribution in [1.29, 1.82) is 0 Å². The molecule has 2 heterocycles. The van der Waals surface area contributed by atoms with Crippen LogP contribution in [-0.2, 0) is 6.54 Å². The van der Waals surface area contributed by atoms with E-state index in [1.807, 2.05) is 36.5 Å². The summed E-state index contributed by atoms with van der Waals surface area (Å²) < 4.78 is 15.7. The summed E-state index contributed by atoms with van der Waals surface area (Å²) in [4.78, 5) is 12.9. The summed E-state index contributed by atoms with van der Waals surface area (Å²) in [6.07, 6.45) is 2.00. The molecule has 2 aromatic heterocycles. The van der Waals surface area contributed by atoms with Gasteiger partial charge in [-0.15, -0.1) is 11.3 Å². The summed E-state index contributed by atoms with van der Waals surface area (Å²) >= 11 is 1.41. The highest BCUT2D eigenvalue weighted by molar-refractivity contribution is 7.16. The zero-order valence-corrected chi connectivity index (χ0v) is 14.1. The van der Waals surface area contributed by atoms with Crippen molar-refractivity contribution in [2.24, 2.45) is 0 Å². The van der Waals surface area contributed by atoms with Crippen LogP contribution in [-0.4, -0.2) is 10.5 Å². The Balaban J connectivity index is 1.53. The largest absolute Gasteiger partial charge is 0.347 e. The van der Waals surface area contributed by atoms with Crippen LogP contribution < -0.4 is 5.32 Å². The first kappa shape index (κ1) is 15.6. The molecule has 4 rings (SSSR count). The minimum absolute atomic E-state index is 0.172. The van der Waals surface area contributed by atoms with Gasteiger partial charge in [0.15, 0.2) is 0 Å². The number of halogens is 1. The Morgan fingerprint density at radius 2 is 1.80 bits per heavy atom. The lowest BCUT2D eigenvalue weighted by molar-refractivity contribution is 0.0954. The summed E-state index contributed by atoms with van der Waals surface area (Å²) in [6, 6.07) is 20.3. The number of benzene rings is 2. The highest BCUT2D eigenvalue weighted by Crippen LogP contribution is 2.26. The Labute approximate surface area is 148 Å². The Morgan fingerprint density at radius 3 is 2.68 bits per heavy atom. The van der Waals surface area contributed by atoms with E-state index in [4.69, 9.17) is 0 Å². The highest BCUT2D eigenvalue weighted by atomic mass is 32.1. The molecule has 0 saturated carbocycles. The molecule has 1 amide bonds. The van der Waals surface area contributed by atoms with Gasteiger partial charge in [-0.2, -0.15) is 0 Å². The van der Waals surface area contributed by atoms with Gasteiger partial charge < -0.3 is 9.88 Å². The van der Waals surface area contributed by atoms with Crippen molar-refractivity contribution in [3.8, 4) is 5.00 Å². The van der Waals surface area contributed by atoms with Crippen LogP contribution in [0.1, 0.15) is 15.2 Å². The van der Waals surface area contributed by atoms with Crippen LogP contribution in [0.25, 0.3) is 15.9 Å². The average molecular weight is 350 g/mol. The van der Waals surface area contributed by atoms with Gasteiger partial charge in [0, 0.05) is 18.3 Å². The van der Waals surface area contributed by atoms with Gasteiger partial charge in [0.1, 0.15) is 10.8 Å². The van der Waals surface area contributed by atoms with Gasteiger partial charge in [0.25, 0.3) is 5.91 Å². The molecule has 25 heavy (non-hydrogen) atoms. The number of nitrogens with one attached hydrogen (secondary N) is 1. The van der Waals surface area contributed by atoms with Crippen molar-refractivity contribution in [1.82, 2.24) is 9.88 Å². The van der Waals surface area contributed by atoms with Crippen LogP contribution in [0, 0.1) is 5.82 Å². The molecule has 0 aliphatic rings. The summed E-state index contributed by atoms with van der Waals surface area (Å²) in [7, 11) is 0. The number of amides is 1. The summed E-state index contributed by atoms with van der Waals surface area (Å²) in [5, 5.41) is 4.90. The molecule has 0 saturated heterocycles. The van der Waals surface area contributed by atoms with Crippen molar-refractivity contribution >= 4 is 28.1 Å². The van der Waals surface area contributed by atoms with E-state index in [1.54, 1.807) is 24.3 Å². The van der Waals surface area contributed by atoms with Crippen LogP contribution in [0.4, 0.5) is 4.39 Å². The molecular formula is C20H15FN2OS. The fourth-order valence-corrected chi connectivity index (χ4v) is 3.68. The van der Waals surface area contributed by atoms with E-state index in [2.05, 4.69) is 16.0 Å². The number of aromatic nitrogens is 1. The molecule has 4 aromatic rings. The lowest BCUT2D eigenvalue weighted by atomic mass is 10.2. The molecule has 0 bridgehead atoms. The highest BCUT2D eigenvalue weighted by Gasteiger charge is 2.12. The number of carbonyl (C=O) groups excluding carboxylic acids is 1. The van der Waals surface area contributed by atoms with Crippen molar-refractivity contribution in [3.05, 3.63) is 89.2 Å². The second-order valence-electron chi connectivity index (χ2n) is 5.66. The van der Waals surface area contributed by atoms with Crippen LogP contribution in [0.5, 0.6) is 0 Å². The van der Waals surface area contributed by atoms with E-state index in [0.717, 1.165) is 15.9 Å². The molecule has 3 nitrogen and oxygen atoms in total. The first-order valence-electron chi connectivity index (χ1n) is 7.90. The van der Waals surface area contributed by atoms with Crippen molar-refractivity contribution in [3.63, 3.8) is 0 Å². The number of carbonyl (C=O) groups is 1. The molecule has 0 spiro atoms. The number of nitrogens with zero attached hydrogens (tertiary/aromatic N) is 1. The second kappa shape index (κ2) is 6.53. The smallest absolute Gasteiger partial charge is 0.261 e. The standard InChI is InChI=1S/C20H15FN2OS/c21-16-7-3-1-6-15(16)13-22-20(24)18-9-10-19(25-18)23-12-11-14-5-2-4-8-17(14)23/h1-12H,13H2,(H,22,24). The van der Waals surface area contributed by atoms with Crippen LogP contribution >= 0.6 is 11.3 Å². The van der Waals surface area contributed by atoms with E-state index in [9.17, 15) is 9.18 Å². The van der Waals surface area contributed by atoms with Gasteiger partial charge in [0.2, 0.25) is 0 Å². The maximum absolute atomic E-state index is 13.6. The van der Waals surface area contributed by atoms with E-state index in [0.29, 0.717) is 10.4 Å². The first-order chi connectivity index (χ1) is 12.2. The topological polar surface area (TPSA) is 34.0 Å². The molecule has 5 heteroatoms. The molecule has 0 aliphatic carbocycles. The van der Waals surface area contributed by atoms with Crippen molar-refractivity contribution in [2.75, 3.05) is 0 Å². The Bertz CT molecular complexity index is 1050. The number of fused-ring (bicyclic) bond motifs is 1. The summed E-state index contributed by atoms with van der Waals surface area (Å²) in [5.74, 6) is -0.510. The second-order valence-corrected chi connectivity index (χ2v) is 6.72. The monoisotopic (exact) mass is 350 g/mol. The zero-order valence-electron chi connectivity index (χ0n) is 13.3. The SMILES string of the molecule is O=C(NCc1ccccc1F)c1ccc(-n2ccc3ccccc32)s1. The number of hydrogen-bond acceptors (Lipinski definition) is 2. The van der Waals surface area contributed by atoms with Gasteiger partial charge in [-0.25, -0.2) is 4.39 Å². The fraction of sp³-hybridized carbons (Fsp3) is 0.0500. The number of hydrogen-bond donors (Lipinski definition) is 1. The molecule has 0 radical (unpaired) electrons. The lowest BCUT2D eigenvalue weighted by Gasteiger charge is -2.05. The van der Waals surface area contributed by atoms with Crippen molar-refractivity contribution in [2.45, 2.75) is 6.54 Å². The number of thiophene rings is 1. The molecule has 0 atom stereocenters. The van der Waals surface area contributed by atoms with E-state index in [1.165, 1.54) is 17.4 Å². The quantitative estimate of drug-likeness (QED) is 0.566. The third kappa shape index (κ3) is 3.06. The van der Waals surface area contributed by atoms with E-state index < -0.39 is 0 Å². The zero-order chi connectivity index (χ0) is 17.2. The van der Waals surface area contributed by atoms with Gasteiger partial charge >= 0.3 is 0 Å².